The quantitative estimate of drug-likeness (QED) is 0.260. The Morgan fingerprint density at radius 3 is 2.81 bits per heavy atom. The zero-order valence-electron chi connectivity index (χ0n) is 19.4. The van der Waals surface area contributed by atoms with Gasteiger partial charge in [0.15, 0.2) is 12.5 Å². The molecule has 0 unspecified atom stereocenters. The number of carbonyl (C=O) groups excluding carboxylic acids is 1. The lowest BCUT2D eigenvalue weighted by molar-refractivity contribution is -0.123. The first-order valence-electron chi connectivity index (χ1n) is 11.7. The highest BCUT2D eigenvalue weighted by Crippen LogP contribution is 2.53. The van der Waals surface area contributed by atoms with Crippen molar-refractivity contribution >= 4 is 11.6 Å². The second-order valence-corrected chi connectivity index (χ2v) is 9.28. The van der Waals surface area contributed by atoms with Crippen LogP contribution in [-0.4, -0.2) is 73.7 Å². The number of nitrogens with zero attached hydrogens (tertiary/aromatic N) is 3. The van der Waals surface area contributed by atoms with E-state index >= 15 is 0 Å². The highest BCUT2D eigenvalue weighted by molar-refractivity contribution is 5.98. The molecule has 1 aliphatic carbocycles. The van der Waals surface area contributed by atoms with Gasteiger partial charge >= 0.3 is 0 Å². The lowest BCUT2D eigenvalue weighted by Gasteiger charge is -2.31. The SMILES string of the molecule is CC(=NOCCN1CCC2(CC1)CC2)c1cc(OCC(=O)NCC2=CCOCC2)n(C)c1. The molecule has 32 heavy (non-hydrogen) atoms. The topological polar surface area (TPSA) is 77.3 Å². The third kappa shape index (κ3) is 6.36. The molecule has 2 aliphatic heterocycles. The molecule has 3 heterocycles. The molecule has 0 aromatic carbocycles. The molecular weight excluding hydrogens is 408 g/mol. The Bertz CT molecular complexity index is 846. The van der Waals surface area contributed by atoms with Gasteiger partial charge in [-0.2, -0.15) is 0 Å². The summed E-state index contributed by atoms with van der Waals surface area (Å²) in [7, 11) is 1.89. The predicted octanol–water partition coefficient (Wildman–Crippen LogP) is 2.48. The first-order chi connectivity index (χ1) is 15.5. The molecule has 3 aliphatic rings. The van der Waals surface area contributed by atoms with E-state index in [1.54, 1.807) is 0 Å². The van der Waals surface area contributed by atoms with Crippen molar-refractivity contribution in [3.63, 3.8) is 0 Å². The standard InChI is InChI=1S/C24H36N4O4/c1-19(26-32-14-11-28-9-7-24(5-6-24)8-10-28)21-15-23(27(2)17-21)31-18-22(29)25-16-20-3-12-30-13-4-20/h3,15,17H,4-14,16,18H2,1-2H3,(H,25,29). The van der Waals surface area contributed by atoms with Gasteiger partial charge in [-0.15, -0.1) is 0 Å². The van der Waals surface area contributed by atoms with Crippen LogP contribution in [0.1, 0.15) is 44.6 Å². The molecule has 1 saturated heterocycles. The number of aromatic nitrogens is 1. The number of ether oxygens (including phenoxy) is 2. The van der Waals surface area contributed by atoms with Crippen molar-refractivity contribution in [2.24, 2.45) is 17.6 Å². The van der Waals surface area contributed by atoms with Crippen LogP contribution in [-0.2, 0) is 21.4 Å². The van der Waals surface area contributed by atoms with Gasteiger partial charge in [-0.05, 0) is 57.5 Å². The normalized spacial score (nSPS) is 20.7. The molecule has 0 atom stereocenters. The van der Waals surface area contributed by atoms with Crippen molar-refractivity contribution in [2.75, 3.05) is 52.6 Å². The van der Waals surface area contributed by atoms with E-state index in [2.05, 4.69) is 15.4 Å². The molecule has 0 radical (unpaired) electrons. The summed E-state index contributed by atoms with van der Waals surface area (Å²) in [6.07, 6.45) is 10.4. The van der Waals surface area contributed by atoms with Crippen LogP contribution in [0.3, 0.4) is 0 Å². The molecule has 2 fully saturated rings. The molecule has 1 aromatic heterocycles. The van der Waals surface area contributed by atoms with Gasteiger partial charge < -0.3 is 24.2 Å². The molecule has 4 rings (SSSR count). The number of carbonyl (C=O) groups is 1. The summed E-state index contributed by atoms with van der Waals surface area (Å²) in [5.41, 5.74) is 3.62. The summed E-state index contributed by atoms with van der Waals surface area (Å²) >= 11 is 0. The molecule has 1 spiro atoms. The van der Waals surface area contributed by atoms with Gasteiger partial charge in [-0.1, -0.05) is 16.8 Å². The molecular formula is C24H36N4O4. The minimum Gasteiger partial charge on any atom is -0.469 e. The Morgan fingerprint density at radius 2 is 2.09 bits per heavy atom. The van der Waals surface area contributed by atoms with E-state index in [0.717, 1.165) is 24.2 Å². The van der Waals surface area contributed by atoms with Crippen molar-refractivity contribution in [3.8, 4) is 5.88 Å². The maximum atomic E-state index is 12.1. The Labute approximate surface area is 190 Å². The van der Waals surface area contributed by atoms with E-state index in [4.69, 9.17) is 14.3 Å². The number of piperidine rings is 1. The highest BCUT2D eigenvalue weighted by Gasteiger charge is 2.44. The van der Waals surface area contributed by atoms with Crippen LogP contribution in [0.15, 0.2) is 29.1 Å². The lowest BCUT2D eigenvalue weighted by atomic mass is 9.94. The second kappa shape index (κ2) is 10.5. The molecule has 8 nitrogen and oxygen atoms in total. The third-order valence-corrected chi connectivity index (χ3v) is 6.87. The van der Waals surface area contributed by atoms with Gasteiger partial charge in [0.2, 0.25) is 0 Å². The van der Waals surface area contributed by atoms with Crippen molar-refractivity contribution in [3.05, 3.63) is 29.5 Å². The fraction of sp³-hybridized carbons (Fsp3) is 0.667. The largest absolute Gasteiger partial charge is 0.469 e. The van der Waals surface area contributed by atoms with Crippen molar-refractivity contribution in [1.29, 1.82) is 0 Å². The van der Waals surface area contributed by atoms with E-state index in [-0.39, 0.29) is 12.5 Å². The van der Waals surface area contributed by atoms with Crippen LogP contribution in [0.2, 0.25) is 0 Å². The summed E-state index contributed by atoms with van der Waals surface area (Å²) in [4.78, 5) is 20.2. The Balaban J connectivity index is 1.16. The number of amides is 1. The van der Waals surface area contributed by atoms with E-state index < -0.39 is 0 Å². The van der Waals surface area contributed by atoms with Crippen LogP contribution >= 0.6 is 0 Å². The van der Waals surface area contributed by atoms with Crippen LogP contribution < -0.4 is 10.1 Å². The molecule has 176 valence electrons. The fourth-order valence-corrected chi connectivity index (χ4v) is 4.31. The van der Waals surface area contributed by atoms with E-state index in [0.29, 0.717) is 37.7 Å². The van der Waals surface area contributed by atoms with Crippen LogP contribution in [0.25, 0.3) is 0 Å². The fourth-order valence-electron chi connectivity index (χ4n) is 4.31. The average Bonchev–Trinajstić information content (AvgIpc) is 3.46. The smallest absolute Gasteiger partial charge is 0.258 e. The van der Waals surface area contributed by atoms with E-state index in [9.17, 15) is 4.79 Å². The first-order valence-corrected chi connectivity index (χ1v) is 11.7. The summed E-state index contributed by atoms with van der Waals surface area (Å²) < 4.78 is 12.8. The van der Waals surface area contributed by atoms with Gasteiger partial charge in [-0.3, -0.25) is 9.69 Å². The number of aryl methyl sites for hydroxylation is 1. The summed E-state index contributed by atoms with van der Waals surface area (Å²) in [5.74, 6) is 0.483. The number of hydrogen-bond acceptors (Lipinski definition) is 6. The number of likely N-dealkylation sites (tertiary alicyclic amines) is 1. The number of oxime groups is 1. The lowest BCUT2D eigenvalue weighted by Crippen LogP contribution is -2.36. The maximum Gasteiger partial charge on any atom is 0.258 e. The van der Waals surface area contributed by atoms with Gasteiger partial charge in [0, 0.05) is 38.0 Å². The Hall–Kier alpha value is -2.32. The van der Waals surface area contributed by atoms with Gasteiger partial charge in [0.1, 0.15) is 6.61 Å². The Kier molecular flexibility index (Phi) is 7.52. The molecule has 1 N–H and O–H groups in total. The minimum absolute atomic E-state index is 0.0229. The molecule has 1 aromatic rings. The van der Waals surface area contributed by atoms with Gasteiger partial charge in [-0.25, -0.2) is 0 Å². The summed E-state index contributed by atoms with van der Waals surface area (Å²) in [6.45, 7) is 7.68. The average molecular weight is 445 g/mol. The zero-order chi connectivity index (χ0) is 22.4. The summed E-state index contributed by atoms with van der Waals surface area (Å²) in [5, 5.41) is 7.17. The second-order valence-electron chi connectivity index (χ2n) is 9.28. The van der Waals surface area contributed by atoms with Crippen molar-refractivity contribution in [1.82, 2.24) is 14.8 Å². The van der Waals surface area contributed by atoms with Crippen LogP contribution in [0.4, 0.5) is 0 Å². The monoisotopic (exact) mass is 444 g/mol. The van der Waals surface area contributed by atoms with Crippen LogP contribution in [0.5, 0.6) is 5.88 Å². The van der Waals surface area contributed by atoms with Crippen molar-refractivity contribution < 1.29 is 19.1 Å². The number of nitrogens with one attached hydrogen (secondary N) is 1. The van der Waals surface area contributed by atoms with E-state index in [1.165, 1.54) is 44.3 Å². The molecule has 0 bridgehead atoms. The highest BCUT2D eigenvalue weighted by atomic mass is 16.6. The minimum atomic E-state index is -0.140. The predicted molar refractivity (Wildman–Crippen MR) is 123 cm³/mol. The number of rotatable bonds is 10. The third-order valence-electron chi connectivity index (χ3n) is 6.87. The van der Waals surface area contributed by atoms with Crippen LogP contribution in [0, 0.1) is 5.41 Å². The maximum absolute atomic E-state index is 12.1. The first kappa shape index (κ1) is 22.9. The molecule has 8 heteroatoms. The summed E-state index contributed by atoms with van der Waals surface area (Å²) in [6, 6.07) is 1.89. The molecule has 1 amide bonds. The van der Waals surface area contributed by atoms with Crippen molar-refractivity contribution in [2.45, 2.75) is 39.0 Å². The van der Waals surface area contributed by atoms with E-state index in [1.807, 2.05) is 36.9 Å². The number of hydrogen-bond donors (Lipinski definition) is 1. The zero-order valence-corrected chi connectivity index (χ0v) is 19.4. The Morgan fingerprint density at radius 1 is 1.28 bits per heavy atom. The van der Waals surface area contributed by atoms with Gasteiger partial charge in [0.25, 0.3) is 5.91 Å². The molecule has 1 saturated carbocycles. The van der Waals surface area contributed by atoms with Gasteiger partial charge in [0.05, 0.1) is 18.9 Å².